The smallest absolute Gasteiger partial charge is 0.399 e. The second-order valence-corrected chi connectivity index (χ2v) is 4.79. The number of rotatable bonds is 4. The van der Waals surface area contributed by atoms with E-state index in [-0.39, 0.29) is 6.08 Å². The van der Waals surface area contributed by atoms with Gasteiger partial charge in [-0.15, -0.1) is 11.6 Å². The number of benzene rings is 1. The van der Waals surface area contributed by atoms with Crippen molar-refractivity contribution >= 4 is 11.6 Å². The second kappa shape index (κ2) is 5.44. The molecule has 1 heterocycles. The van der Waals surface area contributed by atoms with Gasteiger partial charge >= 0.3 is 6.08 Å². The quantitative estimate of drug-likeness (QED) is 0.756. The first-order valence-electron chi connectivity index (χ1n) is 5.89. The number of nitrogens with zero attached hydrogens (tertiary/aromatic N) is 1. The van der Waals surface area contributed by atoms with Gasteiger partial charge in [0.1, 0.15) is 12.0 Å². The molecule has 4 heteroatoms. The summed E-state index contributed by atoms with van der Waals surface area (Å²) in [5.74, 6) is 1.54. The Hall–Kier alpha value is -1.48. The van der Waals surface area contributed by atoms with Crippen molar-refractivity contribution in [2.24, 2.45) is 0 Å². The molecule has 0 saturated carbocycles. The average Bonchev–Trinajstić information content (AvgIpc) is 2.79. The van der Waals surface area contributed by atoms with Gasteiger partial charge in [0.15, 0.2) is 0 Å². The van der Waals surface area contributed by atoms with E-state index < -0.39 is 0 Å². The Kier molecular flexibility index (Phi) is 3.92. The van der Waals surface area contributed by atoms with Gasteiger partial charge < -0.3 is 9.15 Å². The highest BCUT2D eigenvalue weighted by molar-refractivity contribution is 6.16. The number of halogens is 1. The van der Waals surface area contributed by atoms with Crippen molar-refractivity contribution in [2.45, 2.75) is 32.6 Å². The zero-order valence-corrected chi connectivity index (χ0v) is 11.5. The van der Waals surface area contributed by atoms with E-state index >= 15 is 0 Å². The van der Waals surface area contributed by atoms with E-state index in [0.717, 1.165) is 11.3 Å². The van der Waals surface area contributed by atoms with Crippen molar-refractivity contribution in [3.8, 4) is 11.8 Å². The van der Waals surface area contributed by atoms with Crippen molar-refractivity contribution in [3.63, 3.8) is 0 Å². The molecule has 0 saturated heterocycles. The Bertz CT molecular complexity index is 534. The number of hydrogen-bond donors (Lipinski definition) is 0. The fraction of sp³-hybridized carbons (Fsp3) is 0.357. The summed E-state index contributed by atoms with van der Waals surface area (Å²) in [6.07, 6.45) is 1.74. The predicted molar refractivity (Wildman–Crippen MR) is 71.4 cm³/mol. The highest BCUT2D eigenvalue weighted by Gasteiger charge is 2.09. The lowest BCUT2D eigenvalue weighted by Gasteiger charge is -2.10. The molecule has 0 amide bonds. The van der Waals surface area contributed by atoms with Gasteiger partial charge in [-0.05, 0) is 30.0 Å². The van der Waals surface area contributed by atoms with Gasteiger partial charge in [0.25, 0.3) is 0 Å². The molecule has 2 aromatic rings. The third kappa shape index (κ3) is 2.85. The van der Waals surface area contributed by atoms with Crippen LogP contribution in [0.25, 0.3) is 0 Å². The second-order valence-electron chi connectivity index (χ2n) is 4.52. The maximum absolute atomic E-state index is 5.66. The van der Waals surface area contributed by atoms with Gasteiger partial charge in [-0.2, -0.15) is 4.98 Å². The number of alkyl halides is 1. The van der Waals surface area contributed by atoms with Gasteiger partial charge in [0.05, 0.1) is 11.6 Å². The molecule has 96 valence electrons. The topological polar surface area (TPSA) is 35.3 Å². The summed E-state index contributed by atoms with van der Waals surface area (Å²) in [7, 11) is 0. The lowest BCUT2D eigenvalue weighted by molar-refractivity contribution is 0.329. The Morgan fingerprint density at radius 3 is 2.78 bits per heavy atom. The molecule has 2 rings (SSSR count). The molecule has 0 bridgehead atoms. The molecule has 0 unspecified atom stereocenters. The maximum atomic E-state index is 5.66. The van der Waals surface area contributed by atoms with Crippen LogP contribution < -0.4 is 4.74 Å². The monoisotopic (exact) mass is 265 g/mol. The van der Waals surface area contributed by atoms with Crippen LogP contribution in [0.3, 0.4) is 0 Å². The van der Waals surface area contributed by atoms with E-state index in [1.165, 1.54) is 11.8 Å². The van der Waals surface area contributed by atoms with Crippen LogP contribution in [-0.2, 0) is 5.88 Å². The number of oxazole rings is 1. The van der Waals surface area contributed by atoms with Gasteiger partial charge in [0, 0.05) is 0 Å². The van der Waals surface area contributed by atoms with Crippen LogP contribution in [0.2, 0.25) is 0 Å². The van der Waals surface area contributed by atoms with Crippen LogP contribution in [-0.4, -0.2) is 4.98 Å². The summed E-state index contributed by atoms with van der Waals surface area (Å²) >= 11 is 5.66. The van der Waals surface area contributed by atoms with E-state index in [1.54, 1.807) is 0 Å². The van der Waals surface area contributed by atoms with Crippen LogP contribution in [0.15, 0.2) is 28.9 Å². The highest BCUT2D eigenvalue weighted by Crippen LogP contribution is 2.28. The SMILES string of the molecule is Cc1ccc(C(C)C)cc1Oc1nc(CCl)co1. The van der Waals surface area contributed by atoms with Crippen molar-refractivity contribution in [1.29, 1.82) is 0 Å². The van der Waals surface area contributed by atoms with Gasteiger partial charge in [-0.1, -0.05) is 26.0 Å². The molecule has 0 fully saturated rings. The summed E-state index contributed by atoms with van der Waals surface area (Å²) in [5, 5.41) is 0. The van der Waals surface area contributed by atoms with Crippen molar-refractivity contribution in [3.05, 3.63) is 41.3 Å². The number of aromatic nitrogens is 1. The number of hydrogen-bond acceptors (Lipinski definition) is 3. The van der Waals surface area contributed by atoms with E-state index in [4.69, 9.17) is 20.8 Å². The highest BCUT2D eigenvalue weighted by atomic mass is 35.5. The number of aryl methyl sites for hydroxylation is 1. The summed E-state index contributed by atoms with van der Waals surface area (Å²) < 4.78 is 10.8. The third-order valence-corrected chi connectivity index (χ3v) is 3.02. The Morgan fingerprint density at radius 2 is 2.17 bits per heavy atom. The normalized spacial score (nSPS) is 10.9. The molecule has 1 aromatic heterocycles. The standard InChI is InChI=1S/C14H16ClNO2/c1-9(2)11-5-4-10(3)13(6-11)18-14-16-12(7-15)8-17-14/h4-6,8-9H,7H2,1-3H3. The molecular weight excluding hydrogens is 250 g/mol. The summed E-state index contributed by atoms with van der Waals surface area (Å²) in [4.78, 5) is 4.12. The van der Waals surface area contributed by atoms with Crippen LogP contribution in [0.5, 0.6) is 11.8 Å². The zero-order valence-electron chi connectivity index (χ0n) is 10.7. The largest absolute Gasteiger partial charge is 0.417 e. The van der Waals surface area contributed by atoms with Crippen LogP contribution in [0.1, 0.15) is 36.6 Å². The van der Waals surface area contributed by atoms with Gasteiger partial charge in [-0.25, -0.2) is 0 Å². The molecule has 1 aromatic carbocycles. The molecule has 0 aliphatic carbocycles. The molecule has 18 heavy (non-hydrogen) atoms. The molecule has 0 atom stereocenters. The summed E-state index contributed by atoms with van der Waals surface area (Å²) in [6.45, 7) is 6.28. The van der Waals surface area contributed by atoms with Gasteiger partial charge in [-0.3, -0.25) is 0 Å². The molecule has 0 aliphatic rings. The first-order chi connectivity index (χ1) is 8.60. The fourth-order valence-corrected chi connectivity index (χ4v) is 1.70. The first kappa shape index (κ1) is 13.0. The Labute approximate surface area is 112 Å². The van der Waals surface area contributed by atoms with Crippen LogP contribution >= 0.6 is 11.6 Å². The van der Waals surface area contributed by atoms with Crippen molar-refractivity contribution in [2.75, 3.05) is 0 Å². The Morgan fingerprint density at radius 1 is 1.39 bits per heavy atom. The maximum Gasteiger partial charge on any atom is 0.399 e. The molecular formula is C14H16ClNO2. The molecule has 0 N–H and O–H groups in total. The van der Waals surface area contributed by atoms with Crippen LogP contribution in [0, 0.1) is 6.92 Å². The van der Waals surface area contributed by atoms with E-state index in [9.17, 15) is 0 Å². The zero-order chi connectivity index (χ0) is 13.1. The minimum absolute atomic E-state index is 0.231. The fourth-order valence-electron chi connectivity index (χ4n) is 1.58. The lowest BCUT2D eigenvalue weighted by atomic mass is 10.0. The predicted octanol–water partition coefficient (Wildman–Crippen LogP) is 4.64. The van der Waals surface area contributed by atoms with E-state index in [0.29, 0.717) is 17.5 Å². The van der Waals surface area contributed by atoms with Crippen LogP contribution in [0.4, 0.5) is 0 Å². The van der Waals surface area contributed by atoms with E-state index in [2.05, 4.69) is 24.9 Å². The van der Waals surface area contributed by atoms with Crippen molar-refractivity contribution in [1.82, 2.24) is 4.98 Å². The Balaban J connectivity index is 2.24. The molecule has 0 aliphatic heterocycles. The van der Waals surface area contributed by atoms with Gasteiger partial charge in [0.2, 0.25) is 0 Å². The third-order valence-electron chi connectivity index (χ3n) is 2.74. The minimum Gasteiger partial charge on any atom is -0.417 e. The number of ether oxygens (including phenoxy) is 1. The van der Waals surface area contributed by atoms with Crippen molar-refractivity contribution < 1.29 is 9.15 Å². The average molecular weight is 266 g/mol. The minimum atomic E-state index is 0.231. The molecule has 0 radical (unpaired) electrons. The van der Waals surface area contributed by atoms with E-state index in [1.807, 2.05) is 19.1 Å². The summed E-state index contributed by atoms with van der Waals surface area (Å²) in [5.41, 5.74) is 2.94. The molecule has 3 nitrogen and oxygen atoms in total. The lowest BCUT2D eigenvalue weighted by Crippen LogP contribution is -1.92. The molecule has 0 spiro atoms. The first-order valence-corrected chi connectivity index (χ1v) is 6.42. The summed E-state index contributed by atoms with van der Waals surface area (Å²) in [6, 6.07) is 6.16.